The van der Waals surface area contributed by atoms with Crippen molar-refractivity contribution in [3.63, 3.8) is 0 Å². The van der Waals surface area contributed by atoms with E-state index in [0.717, 1.165) is 30.2 Å². The summed E-state index contributed by atoms with van der Waals surface area (Å²) in [5.74, 6) is -0.0518. The van der Waals surface area contributed by atoms with Gasteiger partial charge in [0.25, 0.3) is 5.56 Å². The molecule has 1 N–H and O–H groups in total. The maximum absolute atomic E-state index is 12.2. The second kappa shape index (κ2) is 7.13. The smallest absolute Gasteiger partial charge is 0.273 e. The average Bonchev–Trinajstić information content (AvgIpc) is 2.51. The number of anilines is 1. The summed E-state index contributed by atoms with van der Waals surface area (Å²) in [6.07, 6.45) is 6.96. The summed E-state index contributed by atoms with van der Waals surface area (Å²) in [6, 6.07) is 2.19. The predicted molar refractivity (Wildman–Crippen MR) is 92.0 cm³/mol. The molecule has 1 aromatic heterocycles. The number of carbonyl (C=O) groups excluding carboxylic acids is 1. The van der Waals surface area contributed by atoms with Gasteiger partial charge in [-0.2, -0.15) is 0 Å². The van der Waals surface area contributed by atoms with Crippen LogP contribution in [0.1, 0.15) is 25.7 Å². The minimum absolute atomic E-state index is 0.0409. The number of rotatable bonds is 4. The first-order valence-corrected chi connectivity index (χ1v) is 8.23. The molecule has 0 radical (unpaired) electrons. The first-order chi connectivity index (χ1) is 10.4. The third-order valence-corrected chi connectivity index (χ3v) is 4.66. The highest BCUT2D eigenvalue weighted by Crippen LogP contribution is 2.25. The van der Waals surface area contributed by atoms with E-state index in [-0.39, 0.29) is 23.6 Å². The topological polar surface area (TPSA) is 54.3 Å². The minimum Gasteiger partial charge on any atom is -0.378 e. The van der Waals surface area contributed by atoms with Gasteiger partial charge in [0.1, 0.15) is 5.69 Å². The third-order valence-electron chi connectivity index (χ3n) is 4.23. The molecule has 2 rings (SSSR count). The van der Waals surface area contributed by atoms with Crippen LogP contribution < -0.4 is 10.9 Å². The van der Waals surface area contributed by atoms with Gasteiger partial charge in [-0.05, 0) is 53.8 Å². The lowest BCUT2D eigenvalue weighted by Crippen LogP contribution is -2.43. The molecule has 6 heteroatoms. The highest BCUT2D eigenvalue weighted by Gasteiger charge is 2.27. The number of hydrogen-bond acceptors (Lipinski definition) is 3. The van der Waals surface area contributed by atoms with E-state index in [1.165, 1.54) is 6.08 Å². The van der Waals surface area contributed by atoms with E-state index in [1.54, 1.807) is 22.7 Å². The lowest BCUT2D eigenvalue weighted by Gasteiger charge is -2.35. The van der Waals surface area contributed by atoms with Crippen molar-refractivity contribution >= 4 is 27.5 Å². The van der Waals surface area contributed by atoms with Crippen LogP contribution in [0.5, 0.6) is 0 Å². The fraction of sp³-hybridized carbons (Fsp3) is 0.500. The highest BCUT2D eigenvalue weighted by atomic mass is 79.9. The second-order valence-electron chi connectivity index (χ2n) is 5.80. The molecular formula is C16H22BrN3O2. The number of aromatic nitrogens is 1. The van der Waals surface area contributed by atoms with Crippen LogP contribution in [0.2, 0.25) is 0 Å². The van der Waals surface area contributed by atoms with Gasteiger partial charge >= 0.3 is 0 Å². The fourth-order valence-electron chi connectivity index (χ4n) is 2.96. The Morgan fingerprint density at radius 3 is 2.95 bits per heavy atom. The Hall–Kier alpha value is -1.56. The van der Waals surface area contributed by atoms with Crippen molar-refractivity contribution < 1.29 is 4.79 Å². The van der Waals surface area contributed by atoms with Crippen LogP contribution in [0.15, 0.2) is 34.2 Å². The number of hydrogen-bond donors (Lipinski definition) is 1. The number of pyridine rings is 1. The van der Waals surface area contributed by atoms with Crippen molar-refractivity contribution in [1.29, 1.82) is 0 Å². The molecule has 0 unspecified atom stereocenters. The van der Waals surface area contributed by atoms with E-state index in [2.05, 4.69) is 27.8 Å². The number of nitrogens with one attached hydrogen (secondary N) is 1. The molecule has 1 saturated carbocycles. The Kier molecular flexibility index (Phi) is 5.45. The van der Waals surface area contributed by atoms with Gasteiger partial charge in [0.2, 0.25) is 5.91 Å². The number of carbonyl (C=O) groups is 1. The number of halogens is 1. The summed E-state index contributed by atoms with van der Waals surface area (Å²) in [4.78, 5) is 25.7. The number of aryl methyl sites for hydroxylation is 1. The Labute approximate surface area is 139 Å². The summed E-state index contributed by atoms with van der Waals surface area (Å²) in [5.41, 5.74) is 0.557. The molecule has 0 aliphatic heterocycles. The molecule has 22 heavy (non-hydrogen) atoms. The largest absolute Gasteiger partial charge is 0.378 e. The summed E-state index contributed by atoms with van der Waals surface area (Å²) in [6.45, 7) is 3.54. The van der Waals surface area contributed by atoms with Crippen LogP contribution in [0.4, 0.5) is 5.69 Å². The van der Waals surface area contributed by atoms with Crippen LogP contribution in [-0.2, 0) is 11.8 Å². The molecule has 1 aromatic rings. The normalized spacial score (nSPS) is 21.2. The maximum atomic E-state index is 12.2. The summed E-state index contributed by atoms with van der Waals surface area (Å²) in [7, 11) is 3.55. The standard InChI is InChI=1S/C16H22BrN3O2/c1-4-15(21)20(3)13-7-5-6-12(9-13)18-14-8-11(17)10-19(2)16(14)22/h4,8,10,12-13,18H,1,5-7,9H2,2-3H3/t12-,13+/m1/s1. The van der Waals surface area contributed by atoms with Crippen LogP contribution in [0.3, 0.4) is 0 Å². The fourth-order valence-corrected chi connectivity index (χ4v) is 3.50. The van der Waals surface area contributed by atoms with E-state index >= 15 is 0 Å². The van der Waals surface area contributed by atoms with Gasteiger partial charge in [0, 0.05) is 36.8 Å². The van der Waals surface area contributed by atoms with Gasteiger partial charge in [-0.3, -0.25) is 9.59 Å². The molecule has 0 bridgehead atoms. The zero-order valence-electron chi connectivity index (χ0n) is 13.0. The van der Waals surface area contributed by atoms with Gasteiger partial charge in [-0.25, -0.2) is 0 Å². The van der Waals surface area contributed by atoms with E-state index in [4.69, 9.17) is 0 Å². The van der Waals surface area contributed by atoms with E-state index in [9.17, 15) is 9.59 Å². The first-order valence-electron chi connectivity index (χ1n) is 7.44. The molecule has 1 fully saturated rings. The monoisotopic (exact) mass is 367 g/mol. The van der Waals surface area contributed by atoms with Crippen molar-refractivity contribution in [3.8, 4) is 0 Å². The van der Waals surface area contributed by atoms with Gasteiger partial charge < -0.3 is 14.8 Å². The number of likely N-dealkylation sites (N-methyl/N-ethyl adjacent to an activating group) is 1. The van der Waals surface area contributed by atoms with E-state index < -0.39 is 0 Å². The van der Waals surface area contributed by atoms with Crippen LogP contribution in [0.25, 0.3) is 0 Å². The number of nitrogens with zero attached hydrogens (tertiary/aromatic N) is 2. The summed E-state index contributed by atoms with van der Waals surface area (Å²) < 4.78 is 2.42. The zero-order valence-corrected chi connectivity index (χ0v) is 14.6. The summed E-state index contributed by atoms with van der Waals surface area (Å²) in [5, 5.41) is 3.35. The molecular weight excluding hydrogens is 346 g/mol. The summed E-state index contributed by atoms with van der Waals surface area (Å²) >= 11 is 3.41. The van der Waals surface area contributed by atoms with Crippen molar-refractivity contribution in [2.24, 2.45) is 7.05 Å². The number of amides is 1. The SMILES string of the molecule is C=CC(=O)N(C)[C@H]1CCC[C@@H](Nc2cc(Br)cn(C)c2=O)C1. The van der Waals surface area contributed by atoms with Gasteiger partial charge in [0.15, 0.2) is 0 Å². The molecule has 5 nitrogen and oxygen atoms in total. The Bertz CT molecular complexity index is 626. The molecule has 1 heterocycles. The maximum Gasteiger partial charge on any atom is 0.273 e. The van der Waals surface area contributed by atoms with Crippen molar-refractivity contribution in [1.82, 2.24) is 9.47 Å². The van der Waals surface area contributed by atoms with Crippen LogP contribution >= 0.6 is 15.9 Å². The molecule has 1 aliphatic carbocycles. The highest BCUT2D eigenvalue weighted by molar-refractivity contribution is 9.10. The van der Waals surface area contributed by atoms with Gasteiger partial charge in [0.05, 0.1) is 0 Å². The van der Waals surface area contributed by atoms with Gasteiger partial charge in [-0.15, -0.1) is 0 Å². The quantitative estimate of drug-likeness (QED) is 0.831. The third kappa shape index (κ3) is 3.80. The predicted octanol–water partition coefficient (Wildman–Crippen LogP) is 2.52. The first kappa shape index (κ1) is 16.8. The van der Waals surface area contributed by atoms with Crippen molar-refractivity contribution in [2.75, 3.05) is 12.4 Å². The molecule has 120 valence electrons. The molecule has 1 amide bonds. The van der Waals surface area contributed by atoms with Gasteiger partial charge in [-0.1, -0.05) is 6.58 Å². The molecule has 0 saturated heterocycles. The zero-order chi connectivity index (χ0) is 16.3. The Morgan fingerprint density at radius 1 is 1.55 bits per heavy atom. The Morgan fingerprint density at radius 2 is 2.27 bits per heavy atom. The second-order valence-corrected chi connectivity index (χ2v) is 6.72. The van der Waals surface area contributed by atoms with Crippen molar-refractivity contribution in [2.45, 2.75) is 37.8 Å². The molecule has 0 spiro atoms. The lowest BCUT2D eigenvalue weighted by atomic mass is 9.90. The lowest BCUT2D eigenvalue weighted by molar-refractivity contribution is -0.127. The average molecular weight is 368 g/mol. The van der Waals surface area contributed by atoms with E-state index in [1.807, 2.05) is 13.1 Å². The molecule has 1 aliphatic rings. The Balaban J connectivity index is 2.09. The van der Waals surface area contributed by atoms with E-state index in [0.29, 0.717) is 5.69 Å². The van der Waals surface area contributed by atoms with Crippen molar-refractivity contribution in [3.05, 3.63) is 39.7 Å². The molecule has 0 aromatic carbocycles. The molecule has 2 atom stereocenters. The van der Waals surface area contributed by atoms with Crippen LogP contribution in [-0.4, -0.2) is 34.5 Å². The minimum atomic E-state index is -0.0518. The van der Waals surface area contributed by atoms with Crippen LogP contribution in [0, 0.1) is 0 Å².